The molecule has 10 aromatic rings. The first kappa shape index (κ1) is 84.3. The number of hydrogen-bond donors (Lipinski definition) is 9. The van der Waals surface area contributed by atoms with E-state index in [0.29, 0.717) is 161 Å². The molecule has 0 unspecified atom stereocenters. The number of benzene rings is 3. The van der Waals surface area contributed by atoms with E-state index in [1.807, 2.05) is 62.2 Å². The summed E-state index contributed by atoms with van der Waals surface area (Å²) < 4.78 is 47.8. The Labute approximate surface area is 679 Å². The lowest BCUT2D eigenvalue weighted by Crippen LogP contribution is -2.38. The third-order valence-corrected chi connectivity index (χ3v) is 19.0. The van der Waals surface area contributed by atoms with Crippen LogP contribution in [0.1, 0.15) is 47.9 Å². The highest BCUT2D eigenvalue weighted by atomic mass is 35.5. The summed E-state index contributed by atoms with van der Waals surface area (Å²) in [4.78, 5) is 121. The van der Waals surface area contributed by atoms with Crippen molar-refractivity contribution in [3.8, 4) is 34.5 Å². The smallest absolute Gasteiger partial charge is 0.415 e. The van der Waals surface area contributed by atoms with E-state index in [1.54, 1.807) is 126 Å². The molecule has 3 aromatic carbocycles. The van der Waals surface area contributed by atoms with Gasteiger partial charge in [-0.2, -0.15) is 0 Å². The molecule has 40 heteroatoms. The number of methoxy groups -OCH3 is 3. The van der Waals surface area contributed by atoms with Gasteiger partial charge in [0.15, 0.2) is 40.4 Å². The number of fused-ring (bicyclic) bond motifs is 5. The minimum absolute atomic E-state index is 0.0294. The number of phenolic OH excluding ortho intramolecular Hbond substituents is 1. The number of nitrogens with one attached hydrogen (secondary N) is 8. The van der Waals surface area contributed by atoms with Gasteiger partial charge in [0, 0.05) is 96.8 Å². The summed E-state index contributed by atoms with van der Waals surface area (Å²) >= 11 is 6.41. The lowest BCUT2D eigenvalue weighted by molar-refractivity contribution is 0.104. The highest BCUT2D eigenvalue weighted by Gasteiger charge is 2.30. The molecular formula is C77H97ClN24O15. The van der Waals surface area contributed by atoms with E-state index >= 15 is 0 Å². The number of aromatic nitrogens is 12. The number of ether oxygens (including phenoxy) is 9. The maximum absolute atomic E-state index is 12.1. The molecule has 0 saturated carbocycles. The van der Waals surface area contributed by atoms with E-state index in [2.05, 4.69) is 100 Å². The van der Waals surface area contributed by atoms with Crippen molar-refractivity contribution in [2.24, 2.45) is 0 Å². The summed E-state index contributed by atoms with van der Waals surface area (Å²) in [7, 11) is 10.8. The standard InChI is InChI=1S/C16H20ClN5O2.C16H21N5O4.C16H21N5O2.C15H19N5O3.C14H16N4O4/c1-3-22(16(23)18-2)12-6-13(17)15-14(7-12)21(4-5-24-15)9-11-8-19-10-20-11;1-20(16(22)25-8-7-23-2)14-4-3-13-15(19-14)21(5-6-24-13)10-12-9-17-11-18-12;1-11-6-13(20(3)16(22)17-2)7-14-15(11)23-5-4-21(14)9-12-8-18-10-19-12;1-3-20(15(21)22-2)13-5-4-12-14(18-13)19(6-7-23-12)9-11-8-16-10-17-11;1-21-14(20)17-9-4-11-13(12(19)5-9)22-3-2-18(11)7-10-6-15-8-16-10/h6-8,10H,3-5,9H2,1-2H3,(H,18,23)(H,19,20);3-4,9,11H,5-8,10H2,1-2H3,(H,17,18);6-8,10H,4-5,9H2,1-3H3,(H,17,22)(H,18,19);4-5,8,10H,3,6-7,9H2,1-2H3,(H,16,17);4-6,8,19H,2-3,7H2,1H3,(H,15,16)(H,17,20). The average molecular weight is 1630 g/mol. The number of phenols is 1. The number of amides is 7. The number of carbonyl (C=O) groups excluding carboxylic acids is 5. The molecule has 7 amide bonds. The van der Waals surface area contributed by atoms with E-state index in [4.69, 9.17) is 49.5 Å². The number of aromatic hydroxyl groups is 1. The Morgan fingerprint density at radius 1 is 0.504 bits per heavy atom. The van der Waals surface area contributed by atoms with Crippen molar-refractivity contribution < 1.29 is 71.7 Å². The molecule has 9 N–H and O–H groups in total. The number of rotatable bonds is 20. The van der Waals surface area contributed by atoms with Gasteiger partial charge in [0.25, 0.3) is 0 Å². The minimum atomic E-state index is -0.601. The Morgan fingerprint density at radius 2 is 0.949 bits per heavy atom. The van der Waals surface area contributed by atoms with Crippen molar-refractivity contribution in [3.05, 3.63) is 162 Å². The van der Waals surface area contributed by atoms with Crippen LogP contribution in [-0.2, 0) is 51.7 Å². The molecule has 622 valence electrons. The quantitative estimate of drug-likeness (QED) is 0.0253. The van der Waals surface area contributed by atoms with Crippen LogP contribution < -0.4 is 83.7 Å². The molecule has 117 heavy (non-hydrogen) atoms. The maximum Gasteiger partial charge on any atom is 0.415 e. The zero-order valence-electron chi connectivity index (χ0n) is 66.7. The molecule has 0 bridgehead atoms. The van der Waals surface area contributed by atoms with Crippen LogP contribution in [-0.4, -0.2) is 237 Å². The van der Waals surface area contributed by atoms with Gasteiger partial charge in [-0.15, -0.1) is 0 Å². The molecule has 5 aliphatic rings. The predicted octanol–water partition coefficient (Wildman–Crippen LogP) is 9.43. The van der Waals surface area contributed by atoms with Crippen molar-refractivity contribution in [2.45, 2.75) is 53.5 Å². The van der Waals surface area contributed by atoms with Crippen LogP contribution in [0.4, 0.5) is 81.4 Å². The number of aryl methyl sites for hydroxylation is 1. The normalized spacial score (nSPS) is 13.2. The first-order valence-corrected chi connectivity index (χ1v) is 37.9. The number of nitrogens with zero attached hydrogens (tertiary/aromatic N) is 16. The molecule has 39 nitrogen and oxygen atoms in total. The van der Waals surface area contributed by atoms with Gasteiger partial charge >= 0.3 is 30.3 Å². The number of imidazole rings is 5. The fourth-order valence-corrected chi connectivity index (χ4v) is 13.1. The monoisotopic (exact) mass is 1630 g/mol. The summed E-state index contributed by atoms with van der Waals surface area (Å²) in [6.07, 6.45) is 15.6. The summed E-state index contributed by atoms with van der Waals surface area (Å²) in [6, 6.07) is 17.6. The van der Waals surface area contributed by atoms with Gasteiger partial charge in [0.1, 0.15) is 57.0 Å². The lowest BCUT2D eigenvalue weighted by Gasteiger charge is -2.33. The van der Waals surface area contributed by atoms with Crippen LogP contribution in [0, 0.1) is 6.92 Å². The zero-order chi connectivity index (χ0) is 82.9. The first-order valence-electron chi connectivity index (χ1n) is 37.5. The molecule has 0 spiro atoms. The van der Waals surface area contributed by atoms with Gasteiger partial charge in [-0.1, -0.05) is 11.6 Å². The van der Waals surface area contributed by atoms with E-state index in [9.17, 15) is 29.1 Å². The fraction of sp³-hybridized carbons (Fsp3) is 0.377. The lowest BCUT2D eigenvalue weighted by atomic mass is 10.1. The van der Waals surface area contributed by atoms with Gasteiger partial charge < -0.3 is 108 Å². The number of hydrogen-bond acceptors (Lipinski definition) is 27. The molecule has 7 aromatic heterocycles. The number of H-pyrrole nitrogens is 5. The zero-order valence-corrected chi connectivity index (χ0v) is 67.4. The highest BCUT2D eigenvalue weighted by molar-refractivity contribution is 6.33. The summed E-state index contributed by atoms with van der Waals surface area (Å²) in [5.74, 6) is 5.74. The molecular weight excluding hydrogens is 1540 g/mol. The van der Waals surface area contributed by atoms with Crippen LogP contribution in [0.25, 0.3) is 0 Å². The van der Waals surface area contributed by atoms with E-state index in [1.165, 1.54) is 30.1 Å². The number of halogens is 1. The Kier molecular flexibility index (Phi) is 29.5. The van der Waals surface area contributed by atoms with Crippen molar-refractivity contribution >= 4 is 99.3 Å². The minimum Gasteiger partial charge on any atom is -0.504 e. The largest absolute Gasteiger partial charge is 0.504 e. The molecule has 0 radical (unpaired) electrons. The Bertz CT molecular complexity index is 4870. The van der Waals surface area contributed by atoms with Gasteiger partial charge in [-0.3, -0.25) is 24.9 Å². The average Bonchev–Trinajstić information content (AvgIpc) is 0.898. The maximum atomic E-state index is 12.1. The molecule has 0 fully saturated rings. The third kappa shape index (κ3) is 21.6. The van der Waals surface area contributed by atoms with Gasteiger partial charge in [-0.05, 0) is 80.9 Å². The third-order valence-electron chi connectivity index (χ3n) is 18.8. The van der Waals surface area contributed by atoms with Gasteiger partial charge in [-0.25, -0.2) is 58.9 Å². The second-order valence-corrected chi connectivity index (χ2v) is 26.8. The molecule has 0 atom stereocenters. The van der Waals surface area contributed by atoms with Gasteiger partial charge in [0.05, 0.1) is 174 Å². The van der Waals surface area contributed by atoms with E-state index in [-0.39, 0.29) is 24.4 Å². The second-order valence-electron chi connectivity index (χ2n) is 26.4. The topological polar surface area (TPSA) is 423 Å². The molecule has 5 aliphatic heterocycles. The van der Waals surface area contributed by atoms with Crippen molar-refractivity contribution in [1.82, 2.24) is 70.4 Å². The van der Waals surface area contributed by atoms with Crippen molar-refractivity contribution in [2.75, 3.05) is 191 Å². The van der Waals surface area contributed by atoms with Crippen LogP contribution in [0.5, 0.6) is 34.5 Å². The number of urea groups is 2. The van der Waals surface area contributed by atoms with E-state index in [0.717, 1.165) is 82.2 Å². The molecule has 0 saturated heterocycles. The number of carbonyl (C=O) groups is 5. The molecule has 12 heterocycles. The summed E-state index contributed by atoms with van der Waals surface area (Å²) in [5, 5.41) is 18.4. The Balaban J connectivity index is 0.000000144. The van der Waals surface area contributed by atoms with Crippen LogP contribution in [0.15, 0.2) is 123 Å². The number of aromatic amines is 5. The van der Waals surface area contributed by atoms with Crippen LogP contribution in [0.2, 0.25) is 5.02 Å². The Morgan fingerprint density at radius 3 is 1.42 bits per heavy atom. The number of anilines is 10. The molecule has 15 rings (SSSR count). The van der Waals surface area contributed by atoms with E-state index < -0.39 is 18.3 Å². The van der Waals surface area contributed by atoms with Crippen molar-refractivity contribution in [3.63, 3.8) is 0 Å². The SMILES string of the molecule is CCN(C(=O)NC)c1cc(Cl)c2c(c1)N(Cc1cnc[nH]1)CCO2.CCN(C(=O)OC)c1ccc2c(n1)N(Cc1cnc[nH]1)CCO2.CNC(=O)N(C)c1cc(C)c2c(c1)N(Cc1cnc[nH]1)CCO2.COC(=O)Nc1cc(O)c2c(c1)N(Cc1cnc[nH]1)CCO2.COCCOC(=O)N(C)c1ccc2c(n1)N(Cc1cnc[nH]1)CCO2. The van der Waals surface area contributed by atoms with Crippen LogP contribution in [0.3, 0.4) is 0 Å². The fourth-order valence-electron chi connectivity index (χ4n) is 12.9. The number of pyridine rings is 2. The summed E-state index contributed by atoms with van der Waals surface area (Å²) in [6.45, 7) is 17.1. The predicted molar refractivity (Wildman–Crippen MR) is 438 cm³/mol. The second kappa shape index (κ2) is 40.9. The van der Waals surface area contributed by atoms with Gasteiger partial charge in [0.2, 0.25) is 0 Å². The Hall–Kier alpha value is -13.6. The van der Waals surface area contributed by atoms with Crippen LogP contribution >= 0.6 is 11.6 Å². The summed E-state index contributed by atoms with van der Waals surface area (Å²) in [5.41, 5.74) is 10.6. The highest BCUT2D eigenvalue weighted by Crippen LogP contribution is 2.45. The van der Waals surface area contributed by atoms with Crippen molar-refractivity contribution in [1.29, 1.82) is 0 Å². The first-order chi connectivity index (χ1) is 56.8. The molecule has 0 aliphatic carbocycles.